The van der Waals surface area contributed by atoms with Gasteiger partial charge in [-0.15, -0.1) is 0 Å². The highest BCUT2D eigenvalue weighted by atomic mass is 19.4. The van der Waals surface area contributed by atoms with Gasteiger partial charge in [0.1, 0.15) is 0 Å². The van der Waals surface area contributed by atoms with E-state index in [0.29, 0.717) is 37.6 Å². The fourth-order valence-corrected chi connectivity index (χ4v) is 5.43. The first-order chi connectivity index (χ1) is 17.2. The first-order valence-electron chi connectivity index (χ1n) is 12.2. The smallest absolute Gasteiger partial charge is 0.377 e. The lowest BCUT2D eigenvalue weighted by Gasteiger charge is -2.33. The summed E-state index contributed by atoms with van der Waals surface area (Å²) < 4.78 is 48.4. The van der Waals surface area contributed by atoms with Crippen LogP contribution >= 0.6 is 0 Å². The van der Waals surface area contributed by atoms with Crippen LogP contribution < -0.4 is 4.90 Å². The van der Waals surface area contributed by atoms with Crippen LogP contribution in [-0.4, -0.2) is 56.7 Å². The number of ether oxygens (including phenoxy) is 1. The van der Waals surface area contributed by atoms with Crippen molar-refractivity contribution >= 4 is 17.4 Å². The molecule has 3 aliphatic heterocycles. The third-order valence-electron chi connectivity index (χ3n) is 7.40. The highest BCUT2D eigenvalue weighted by Crippen LogP contribution is 2.41. The van der Waals surface area contributed by atoms with Crippen molar-refractivity contribution in [2.45, 2.75) is 44.9 Å². The summed E-state index contributed by atoms with van der Waals surface area (Å²) in [5.74, 6) is 0.904. The number of amides is 1. The summed E-state index contributed by atoms with van der Waals surface area (Å²) in [6, 6.07) is 7.07. The van der Waals surface area contributed by atoms with Crippen molar-refractivity contribution in [1.82, 2.24) is 24.5 Å². The molecule has 0 aliphatic carbocycles. The van der Waals surface area contributed by atoms with Crippen molar-refractivity contribution in [1.29, 1.82) is 0 Å². The van der Waals surface area contributed by atoms with Crippen LogP contribution in [0, 0.1) is 0 Å². The summed E-state index contributed by atoms with van der Waals surface area (Å²) in [4.78, 5) is 16.2. The van der Waals surface area contributed by atoms with Gasteiger partial charge >= 0.3 is 6.18 Å². The predicted octanol–water partition coefficient (Wildman–Crippen LogP) is 3.86. The van der Waals surface area contributed by atoms with Crippen LogP contribution in [0.2, 0.25) is 0 Å². The quantitative estimate of drug-likeness (QED) is 0.547. The van der Waals surface area contributed by atoms with Crippen molar-refractivity contribution in [2.75, 3.05) is 31.2 Å². The van der Waals surface area contributed by atoms with Gasteiger partial charge in [-0.1, -0.05) is 6.07 Å². The maximum atomic E-state index is 13.2. The van der Waals surface area contributed by atoms with Gasteiger partial charge in [-0.2, -0.15) is 23.4 Å². The van der Waals surface area contributed by atoms with Gasteiger partial charge in [0.15, 0.2) is 11.5 Å². The van der Waals surface area contributed by atoms with E-state index < -0.39 is 11.9 Å². The molecule has 2 aromatic heterocycles. The first-order valence-corrected chi connectivity index (χ1v) is 12.2. The average Bonchev–Trinajstić information content (AvgIpc) is 3.38. The summed E-state index contributed by atoms with van der Waals surface area (Å²) in [7, 11) is 1.53. The lowest BCUT2D eigenvalue weighted by atomic mass is 9.97. The Morgan fingerprint density at radius 3 is 2.58 bits per heavy atom. The molecule has 1 fully saturated rings. The lowest BCUT2D eigenvalue weighted by molar-refractivity contribution is -0.141. The molecule has 5 heterocycles. The van der Waals surface area contributed by atoms with E-state index in [1.165, 1.54) is 11.7 Å². The Morgan fingerprint density at radius 2 is 1.92 bits per heavy atom. The summed E-state index contributed by atoms with van der Waals surface area (Å²) >= 11 is 0. The van der Waals surface area contributed by atoms with Gasteiger partial charge in [0.2, 0.25) is 5.91 Å². The van der Waals surface area contributed by atoms with Crippen LogP contribution in [0.25, 0.3) is 11.3 Å². The van der Waals surface area contributed by atoms with E-state index in [1.807, 2.05) is 23.1 Å². The number of aromatic nitrogens is 4. The molecular weight excluding hydrogens is 473 g/mol. The minimum absolute atomic E-state index is 0.0458. The monoisotopic (exact) mass is 500 g/mol. The van der Waals surface area contributed by atoms with Gasteiger partial charge in [-0.25, -0.2) is 0 Å². The Labute approximate surface area is 206 Å². The Kier molecular flexibility index (Phi) is 5.36. The number of carbonyl (C=O) groups excluding carboxylic acids is 1. The Morgan fingerprint density at radius 1 is 1.11 bits per heavy atom. The second kappa shape index (κ2) is 8.36. The number of alkyl halides is 3. The molecule has 3 aromatic rings. The van der Waals surface area contributed by atoms with E-state index in [2.05, 4.69) is 14.7 Å². The van der Waals surface area contributed by atoms with Crippen LogP contribution in [-0.2, 0) is 42.1 Å². The molecule has 36 heavy (non-hydrogen) atoms. The topological polar surface area (TPSA) is 68.4 Å². The van der Waals surface area contributed by atoms with E-state index in [0.717, 1.165) is 60.2 Å². The van der Waals surface area contributed by atoms with Crippen molar-refractivity contribution in [2.24, 2.45) is 7.05 Å². The van der Waals surface area contributed by atoms with Gasteiger partial charge in [0.05, 0.1) is 31.5 Å². The molecule has 1 saturated heterocycles. The first kappa shape index (κ1) is 23.1. The van der Waals surface area contributed by atoms with E-state index in [1.54, 1.807) is 6.92 Å². The second-order valence-corrected chi connectivity index (χ2v) is 9.71. The highest BCUT2D eigenvalue weighted by molar-refractivity contribution is 5.76. The molecule has 1 amide bonds. The van der Waals surface area contributed by atoms with Crippen LogP contribution in [0.3, 0.4) is 0 Å². The molecule has 190 valence electrons. The molecule has 0 radical (unpaired) electrons. The maximum Gasteiger partial charge on any atom is 0.435 e. The molecule has 0 unspecified atom stereocenters. The van der Waals surface area contributed by atoms with Gasteiger partial charge in [0.25, 0.3) is 0 Å². The minimum Gasteiger partial charge on any atom is -0.377 e. The molecular formula is C25H27F3N6O2. The zero-order valence-corrected chi connectivity index (χ0v) is 20.2. The number of hydrogen-bond acceptors (Lipinski definition) is 5. The van der Waals surface area contributed by atoms with E-state index in [-0.39, 0.29) is 11.9 Å². The zero-order valence-electron chi connectivity index (χ0n) is 20.2. The van der Waals surface area contributed by atoms with E-state index in [4.69, 9.17) is 9.84 Å². The van der Waals surface area contributed by atoms with Crippen molar-refractivity contribution in [3.05, 3.63) is 46.8 Å². The van der Waals surface area contributed by atoms with Gasteiger partial charge in [-0.05, 0) is 36.6 Å². The molecule has 0 saturated carbocycles. The number of benzene rings is 1. The van der Waals surface area contributed by atoms with Crippen LogP contribution in [0.15, 0.2) is 24.3 Å². The fraction of sp³-hybridized carbons (Fsp3) is 0.480. The van der Waals surface area contributed by atoms with Crippen LogP contribution in [0.4, 0.5) is 24.7 Å². The number of fused-ring (bicyclic) bond motifs is 2. The highest BCUT2D eigenvalue weighted by Gasteiger charge is 2.36. The molecule has 3 aliphatic rings. The molecule has 0 N–H and O–H groups in total. The number of rotatable bonds is 3. The summed E-state index contributed by atoms with van der Waals surface area (Å²) in [5, 5.41) is 8.70. The van der Waals surface area contributed by atoms with Crippen molar-refractivity contribution in [3.8, 4) is 11.3 Å². The van der Waals surface area contributed by atoms with Crippen molar-refractivity contribution in [3.63, 3.8) is 0 Å². The molecule has 0 bridgehead atoms. The molecule has 8 nitrogen and oxygen atoms in total. The van der Waals surface area contributed by atoms with Gasteiger partial charge in [0, 0.05) is 56.0 Å². The summed E-state index contributed by atoms with van der Waals surface area (Å²) in [6.45, 7) is 4.83. The standard InChI is InChI=1S/C25H27F3N6O2/c1-15(35)32-9-7-21-19(12-32)24(30-34(21)18-13-36-14-18)33-8-3-4-16-10-17(5-6-20(16)33)22-11-23(25(26,27)28)29-31(22)2/h5-6,10-11,18H,3-4,7-9,12-14H2,1-2H3. The summed E-state index contributed by atoms with van der Waals surface area (Å²) in [5.41, 5.74) is 4.51. The third kappa shape index (κ3) is 3.76. The summed E-state index contributed by atoms with van der Waals surface area (Å²) in [6.07, 6.45) is -2.03. The number of nitrogens with zero attached hydrogens (tertiary/aromatic N) is 6. The lowest BCUT2D eigenvalue weighted by Crippen LogP contribution is -2.37. The van der Waals surface area contributed by atoms with E-state index >= 15 is 0 Å². The number of carbonyl (C=O) groups is 1. The van der Waals surface area contributed by atoms with Crippen LogP contribution in [0.5, 0.6) is 0 Å². The number of aryl methyl sites for hydroxylation is 2. The predicted molar refractivity (Wildman–Crippen MR) is 126 cm³/mol. The number of anilines is 2. The Bertz CT molecular complexity index is 1340. The minimum atomic E-state index is -4.49. The Hall–Kier alpha value is -3.34. The van der Waals surface area contributed by atoms with Gasteiger partial charge < -0.3 is 14.5 Å². The number of halogens is 3. The molecule has 1 aromatic carbocycles. The molecule has 0 atom stereocenters. The molecule has 6 rings (SSSR count). The third-order valence-corrected chi connectivity index (χ3v) is 7.40. The second-order valence-electron chi connectivity index (χ2n) is 9.71. The van der Waals surface area contributed by atoms with Crippen molar-refractivity contribution < 1.29 is 22.7 Å². The normalized spacial score (nSPS) is 18.1. The molecule has 11 heteroatoms. The van der Waals surface area contributed by atoms with Gasteiger partial charge in [-0.3, -0.25) is 14.2 Å². The average molecular weight is 501 g/mol. The molecule has 0 spiro atoms. The maximum absolute atomic E-state index is 13.2. The largest absolute Gasteiger partial charge is 0.435 e. The SMILES string of the molecule is CC(=O)N1CCc2c(c(N3CCCc4cc(-c5cc(C(F)(F)F)nn5C)ccc43)nn2C2COC2)C1. The number of hydrogen-bond donors (Lipinski definition) is 0. The fourth-order valence-electron chi connectivity index (χ4n) is 5.43. The van der Waals surface area contributed by atoms with E-state index in [9.17, 15) is 18.0 Å². The van der Waals surface area contributed by atoms with Crippen LogP contribution in [0.1, 0.15) is 41.9 Å². The zero-order chi connectivity index (χ0) is 25.2. The Balaban J connectivity index is 1.39.